The molecule has 1 aromatic carbocycles. The lowest BCUT2D eigenvalue weighted by atomic mass is 10.1. The molecule has 0 unspecified atom stereocenters. The van der Waals surface area contributed by atoms with Gasteiger partial charge in [0.25, 0.3) is 0 Å². The van der Waals surface area contributed by atoms with Gasteiger partial charge in [-0.05, 0) is 42.3 Å². The van der Waals surface area contributed by atoms with Crippen LogP contribution in [0.4, 0.5) is 0 Å². The minimum absolute atomic E-state index is 0.161. The van der Waals surface area contributed by atoms with E-state index < -0.39 is 0 Å². The van der Waals surface area contributed by atoms with E-state index in [0.29, 0.717) is 12.3 Å². The number of phenols is 1. The second-order valence-electron chi connectivity index (χ2n) is 4.39. The maximum absolute atomic E-state index is 9.54. The molecule has 0 saturated carbocycles. The zero-order valence-electron chi connectivity index (χ0n) is 11.1. The second-order valence-corrected chi connectivity index (χ2v) is 4.39. The Balaban J connectivity index is 1.99. The van der Waals surface area contributed by atoms with Crippen LogP contribution in [0.3, 0.4) is 0 Å². The Bertz CT molecular complexity index is 529. The van der Waals surface area contributed by atoms with Gasteiger partial charge >= 0.3 is 0 Å². The summed E-state index contributed by atoms with van der Waals surface area (Å²) in [5.41, 5.74) is 2.26. The van der Waals surface area contributed by atoms with E-state index in [1.54, 1.807) is 25.6 Å². The van der Waals surface area contributed by atoms with Gasteiger partial charge in [-0.1, -0.05) is 6.07 Å². The number of nitrogens with one attached hydrogen (secondary N) is 1. The van der Waals surface area contributed by atoms with Crippen molar-refractivity contribution in [1.82, 2.24) is 10.3 Å². The highest BCUT2D eigenvalue weighted by Crippen LogP contribution is 2.26. The predicted octanol–water partition coefficient (Wildman–Crippen LogP) is 2.65. The molecule has 0 bridgehead atoms. The molecule has 0 spiro atoms. The third-order valence-electron chi connectivity index (χ3n) is 3.06. The molecule has 1 atom stereocenters. The number of phenolic OH excluding ortho intramolecular Hbond substituents is 1. The second kappa shape index (κ2) is 6.20. The van der Waals surface area contributed by atoms with Crippen LogP contribution in [0.1, 0.15) is 24.1 Å². The molecule has 100 valence electrons. The Morgan fingerprint density at radius 2 is 2.00 bits per heavy atom. The van der Waals surface area contributed by atoms with Crippen molar-refractivity contribution in [1.29, 1.82) is 0 Å². The first-order chi connectivity index (χ1) is 9.20. The van der Waals surface area contributed by atoms with Gasteiger partial charge in [-0.25, -0.2) is 0 Å². The maximum atomic E-state index is 9.54. The van der Waals surface area contributed by atoms with Crippen LogP contribution in [0.15, 0.2) is 42.7 Å². The molecule has 0 aliphatic carbocycles. The Hall–Kier alpha value is -2.07. The van der Waals surface area contributed by atoms with Crippen molar-refractivity contribution in [3.05, 3.63) is 53.9 Å². The molecule has 0 saturated heterocycles. The standard InChI is InChI=1S/C15H18N2O2/c1-11(13-5-7-16-8-6-13)17-10-12-3-4-14(18)15(9-12)19-2/h3-9,11,17-18H,10H2,1-2H3/t11-/m0/s1. The number of aromatic nitrogens is 1. The third kappa shape index (κ3) is 3.45. The number of nitrogens with zero attached hydrogens (tertiary/aromatic N) is 1. The molecular weight excluding hydrogens is 240 g/mol. The Morgan fingerprint density at radius 3 is 2.68 bits per heavy atom. The molecule has 19 heavy (non-hydrogen) atoms. The molecule has 4 heteroatoms. The lowest BCUT2D eigenvalue weighted by Gasteiger charge is -2.14. The van der Waals surface area contributed by atoms with Crippen LogP contribution in [-0.2, 0) is 6.54 Å². The highest BCUT2D eigenvalue weighted by atomic mass is 16.5. The van der Waals surface area contributed by atoms with E-state index in [-0.39, 0.29) is 11.8 Å². The Labute approximate surface area is 113 Å². The van der Waals surface area contributed by atoms with Crippen molar-refractivity contribution in [2.24, 2.45) is 0 Å². The molecule has 0 fully saturated rings. The van der Waals surface area contributed by atoms with Gasteiger partial charge in [0.1, 0.15) is 0 Å². The van der Waals surface area contributed by atoms with Crippen molar-refractivity contribution in [3.8, 4) is 11.5 Å². The van der Waals surface area contributed by atoms with Crippen LogP contribution < -0.4 is 10.1 Å². The Morgan fingerprint density at radius 1 is 1.26 bits per heavy atom. The number of hydrogen-bond acceptors (Lipinski definition) is 4. The van der Waals surface area contributed by atoms with Crippen LogP contribution in [0.25, 0.3) is 0 Å². The molecule has 2 N–H and O–H groups in total. The fraction of sp³-hybridized carbons (Fsp3) is 0.267. The van der Waals surface area contributed by atoms with Crippen LogP contribution in [0.2, 0.25) is 0 Å². The van der Waals surface area contributed by atoms with Gasteiger partial charge in [-0.3, -0.25) is 4.98 Å². The molecule has 2 rings (SSSR count). The van der Waals surface area contributed by atoms with Crippen molar-refractivity contribution >= 4 is 0 Å². The molecule has 0 aliphatic heterocycles. The summed E-state index contributed by atoms with van der Waals surface area (Å²) in [6.07, 6.45) is 3.58. The normalized spacial score (nSPS) is 12.1. The summed E-state index contributed by atoms with van der Waals surface area (Å²) in [7, 11) is 1.55. The summed E-state index contributed by atoms with van der Waals surface area (Å²) in [4.78, 5) is 4.01. The summed E-state index contributed by atoms with van der Waals surface area (Å²) >= 11 is 0. The van der Waals surface area contributed by atoms with Crippen LogP contribution >= 0.6 is 0 Å². The van der Waals surface area contributed by atoms with Crippen molar-refractivity contribution in [2.45, 2.75) is 19.5 Å². The summed E-state index contributed by atoms with van der Waals surface area (Å²) in [6, 6.07) is 9.59. The van der Waals surface area contributed by atoms with Crippen molar-refractivity contribution in [2.75, 3.05) is 7.11 Å². The lowest BCUT2D eigenvalue weighted by molar-refractivity contribution is 0.372. The molecule has 2 aromatic rings. The number of aromatic hydroxyl groups is 1. The molecule has 0 aliphatic rings. The number of pyridine rings is 1. The lowest BCUT2D eigenvalue weighted by Crippen LogP contribution is -2.18. The fourth-order valence-corrected chi connectivity index (χ4v) is 1.87. The average Bonchev–Trinajstić information content (AvgIpc) is 2.47. The smallest absolute Gasteiger partial charge is 0.160 e. The molecule has 1 aromatic heterocycles. The summed E-state index contributed by atoms with van der Waals surface area (Å²) in [5, 5.41) is 13.0. The van der Waals surface area contributed by atoms with Gasteiger partial charge in [-0.2, -0.15) is 0 Å². The zero-order valence-corrected chi connectivity index (χ0v) is 11.1. The van der Waals surface area contributed by atoms with E-state index in [1.807, 2.05) is 24.3 Å². The molecule has 1 heterocycles. The minimum Gasteiger partial charge on any atom is -0.504 e. The average molecular weight is 258 g/mol. The van der Waals surface area contributed by atoms with E-state index in [2.05, 4.69) is 17.2 Å². The Kier molecular flexibility index (Phi) is 4.36. The summed E-state index contributed by atoms with van der Waals surface area (Å²) in [6.45, 7) is 2.81. The summed E-state index contributed by atoms with van der Waals surface area (Å²) < 4.78 is 5.09. The minimum atomic E-state index is 0.161. The van der Waals surface area contributed by atoms with Gasteiger partial charge in [0.05, 0.1) is 7.11 Å². The largest absolute Gasteiger partial charge is 0.504 e. The van der Waals surface area contributed by atoms with E-state index in [0.717, 1.165) is 5.56 Å². The number of hydrogen-bond donors (Lipinski definition) is 2. The number of methoxy groups -OCH3 is 1. The van der Waals surface area contributed by atoms with Crippen molar-refractivity contribution < 1.29 is 9.84 Å². The zero-order chi connectivity index (χ0) is 13.7. The van der Waals surface area contributed by atoms with E-state index >= 15 is 0 Å². The SMILES string of the molecule is COc1cc(CN[C@@H](C)c2ccncc2)ccc1O. The van der Waals surface area contributed by atoms with Crippen LogP contribution in [-0.4, -0.2) is 17.2 Å². The van der Waals surface area contributed by atoms with E-state index in [4.69, 9.17) is 4.74 Å². The van der Waals surface area contributed by atoms with Gasteiger partial charge < -0.3 is 15.2 Å². The van der Waals surface area contributed by atoms with Gasteiger partial charge in [0, 0.05) is 25.0 Å². The monoisotopic (exact) mass is 258 g/mol. The van der Waals surface area contributed by atoms with Gasteiger partial charge in [0.15, 0.2) is 11.5 Å². The third-order valence-corrected chi connectivity index (χ3v) is 3.06. The van der Waals surface area contributed by atoms with Gasteiger partial charge in [-0.15, -0.1) is 0 Å². The highest BCUT2D eigenvalue weighted by Gasteiger charge is 2.06. The fourth-order valence-electron chi connectivity index (χ4n) is 1.87. The van der Waals surface area contributed by atoms with Crippen LogP contribution in [0, 0.1) is 0 Å². The topological polar surface area (TPSA) is 54.4 Å². The molecule has 0 amide bonds. The first kappa shape index (κ1) is 13.4. The van der Waals surface area contributed by atoms with Crippen molar-refractivity contribution in [3.63, 3.8) is 0 Å². The highest BCUT2D eigenvalue weighted by molar-refractivity contribution is 5.41. The molecule has 4 nitrogen and oxygen atoms in total. The molecule has 0 radical (unpaired) electrons. The maximum Gasteiger partial charge on any atom is 0.160 e. The quantitative estimate of drug-likeness (QED) is 0.865. The molecular formula is C15H18N2O2. The predicted molar refractivity (Wildman–Crippen MR) is 74.2 cm³/mol. The van der Waals surface area contributed by atoms with Crippen LogP contribution in [0.5, 0.6) is 11.5 Å². The summed E-state index contributed by atoms with van der Waals surface area (Å²) in [5.74, 6) is 0.657. The first-order valence-electron chi connectivity index (χ1n) is 6.20. The number of ether oxygens (including phenoxy) is 1. The number of benzene rings is 1. The number of rotatable bonds is 5. The van der Waals surface area contributed by atoms with Gasteiger partial charge in [0.2, 0.25) is 0 Å². The van der Waals surface area contributed by atoms with E-state index in [9.17, 15) is 5.11 Å². The van der Waals surface area contributed by atoms with E-state index in [1.165, 1.54) is 5.56 Å². The first-order valence-corrected chi connectivity index (χ1v) is 6.20.